The highest BCUT2D eigenvalue weighted by molar-refractivity contribution is 6.31. The first-order valence-corrected chi connectivity index (χ1v) is 6.00. The molecule has 16 heavy (non-hydrogen) atoms. The molecule has 1 aromatic heterocycles. The fourth-order valence-corrected chi connectivity index (χ4v) is 1.79. The predicted octanol–water partition coefficient (Wildman–Crippen LogP) is 1.99. The van der Waals surface area contributed by atoms with E-state index in [0.29, 0.717) is 0 Å². The molecule has 4 nitrogen and oxygen atoms in total. The van der Waals surface area contributed by atoms with Gasteiger partial charge < -0.3 is 10.1 Å². The summed E-state index contributed by atoms with van der Waals surface area (Å²) in [7, 11) is 1.71. The molecule has 1 aromatic rings. The van der Waals surface area contributed by atoms with Crippen LogP contribution in [0.15, 0.2) is 0 Å². The Morgan fingerprint density at radius 1 is 1.50 bits per heavy atom. The first-order valence-electron chi connectivity index (χ1n) is 5.62. The third-order valence-electron chi connectivity index (χ3n) is 2.45. The van der Waals surface area contributed by atoms with Gasteiger partial charge in [-0.1, -0.05) is 11.6 Å². The molecule has 0 aliphatic rings. The molecule has 0 aliphatic carbocycles. The fourth-order valence-electron chi connectivity index (χ4n) is 1.59. The van der Waals surface area contributed by atoms with Gasteiger partial charge in [0.05, 0.1) is 16.4 Å². The number of hydrogen-bond acceptors (Lipinski definition) is 3. The van der Waals surface area contributed by atoms with Crippen LogP contribution in [0.3, 0.4) is 0 Å². The number of nitrogens with zero attached hydrogens (tertiary/aromatic N) is 2. The number of aromatic nitrogens is 2. The molecule has 92 valence electrons. The molecular formula is C11H20ClN3O. The molecule has 0 atom stereocenters. The fraction of sp³-hybridized carbons (Fsp3) is 0.727. The minimum atomic E-state index is 0.761. The van der Waals surface area contributed by atoms with Crippen molar-refractivity contribution in [2.75, 3.05) is 20.3 Å². The lowest BCUT2D eigenvalue weighted by Gasteiger charge is -2.07. The molecule has 0 fully saturated rings. The van der Waals surface area contributed by atoms with Gasteiger partial charge in [0.1, 0.15) is 0 Å². The summed E-state index contributed by atoms with van der Waals surface area (Å²) in [4.78, 5) is 0. The Kier molecular flexibility index (Phi) is 5.80. The van der Waals surface area contributed by atoms with Crippen LogP contribution in [0.2, 0.25) is 5.02 Å². The van der Waals surface area contributed by atoms with Crippen molar-refractivity contribution in [2.45, 2.75) is 33.4 Å². The maximum atomic E-state index is 6.18. The minimum absolute atomic E-state index is 0.761. The quantitative estimate of drug-likeness (QED) is 0.747. The van der Waals surface area contributed by atoms with Crippen LogP contribution < -0.4 is 5.32 Å². The third kappa shape index (κ3) is 3.47. The van der Waals surface area contributed by atoms with Crippen LogP contribution in [0.4, 0.5) is 0 Å². The molecule has 1 N–H and O–H groups in total. The number of ether oxygens (including phenoxy) is 1. The monoisotopic (exact) mass is 245 g/mol. The van der Waals surface area contributed by atoms with E-state index in [2.05, 4.69) is 17.3 Å². The molecule has 0 aliphatic heterocycles. The first-order chi connectivity index (χ1) is 7.70. The number of hydrogen-bond donors (Lipinski definition) is 1. The van der Waals surface area contributed by atoms with Crippen LogP contribution in [0.1, 0.15) is 24.7 Å². The smallest absolute Gasteiger partial charge is 0.0860 e. The Bertz CT molecular complexity index is 325. The highest BCUT2D eigenvalue weighted by atomic mass is 35.5. The second-order valence-corrected chi connectivity index (χ2v) is 4.06. The van der Waals surface area contributed by atoms with Crippen molar-refractivity contribution >= 4 is 11.6 Å². The number of methoxy groups -OCH3 is 1. The Hall–Kier alpha value is -0.580. The Morgan fingerprint density at radius 2 is 2.25 bits per heavy atom. The zero-order valence-corrected chi connectivity index (χ0v) is 11.0. The standard InChI is InChI=1S/C11H20ClN3O/c1-4-15-10(11(12)9(2)14-15)8-13-6-5-7-16-3/h13H,4-8H2,1-3H3. The van der Waals surface area contributed by atoms with Gasteiger partial charge in [0, 0.05) is 26.8 Å². The normalized spacial score (nSPS) is 11.0. The molecule has 0 bridgehead atoms. The largest absolute Gasteiger partial charge is 0.385 e. The molecule has 5 heteroatoms. The molecule has 0 saturated carbocycles. The molecular weight excluding hydrogens is 226 g/mol. The van der Waals surface area contributed by atoms with Crippen molar-refractivity contribution in [3.05, 3.63) is 16.4 Å². The summed E-state index contributed by atoms with van der Waals surface area (Å²) in [5.41, 5.74) is 1.97. The van der Waals surface area contributed by atoms with Crippen LogP contribution in [-0.2, 0) is 17.8 Å². The maximum absolute atomic E-state index is 6.18. The lowest BCUT2D eigenvalue weighted by atomic mass is 10.3. The molecule has 1 rings (SSSR count). The van der Waals surface area contributed by atoms with E-state index in [-0.39, 0.29) is 0 Å². The van der Waals surface area contributed by atoms with Crippen LogP contribution in [0.25, 0.3) is 0 Å². The Morgan fingerprint density at radius 3 is 2.88 bits per heavy atom. The molecule has 0 saturated heterocycles. The van der Waals surface area contributed by atoms with Crippen molar-refractivity contribution in [2.24, 2.45) is 0 Å². The topological polar surface area (TPSA) is 39.1 Å². The van der Waals surface area contributed by atoms with E-state index in [1.165, 1.54) is 0 Å². The first kappa shape index (κ1) is 13.5. The zero-order chi connectivity index (χ0) is 12.0. The summed E-state index contributed by atoms with van der Waals surface area (Å²) < 4.78 is 6.93. The van der Waals surface area contributed by atoms with Crippen LogP contribution in [0.5, 0.6) is 0 Å². The summed E-state index contributed by atoms with van der Waals surface area (Å²) in [5, 5.41) is 8.48. The van der Waals surface area contributed by atoms with Gasteiger partial charge >= 0.3 is 0 Å². The molecule has 0 unspecified atom stereocenters. The summed E-state index contributed by atoms with van der Waals surface area (Å²) in [6, 6.07) is 0. The van der Waals surface area contributed by atoms with E-state index >= 15 is 0 Å². The van der Waals surface area contributed by atoms with Crippen molar-refractivity contribution in [1.82, 2.24) is 15.1 Å². The highest BCUT2D eigenvalue weighted by Gasteiger charge is 2.11. The second kappa shape index (κ2) is 6.89. The summed E-state index contributed by atoms with van der Waals surface area (Å²) in [6.45, 7) is 7.32. The Labute approximate surface area is 102 Å². The molecule has 1 heterocycles. The van der Waals surface area contributed by atoms with Crippen molar-refractivity contribution in [3.8, 4) is 0 Å². The predicted molar refractivity (Wildman–Crippen MR) is 65.8 cm³/mol. The van der Waals surface area contributed by atoms with Gasteiger partial charge in [0.25, 0.3) is 0 Å². The van der Waals surface area contributed by atoms with E-state index in [1.54, 1.807) is 7.11 Å². The number of halogens is 1. The zero-order valence-electron chi connectivity index (χ0n) is 10.2. The van der Waals surface area contributed by atoms with Crippen molar-refractivity contribution in [1.29, 1.82) is 0 Å². The molecule has 0 aromatic carbocycles. The highest BCUT2D eigenvalue weighted by Crippen LogP contribution is 2.19. The molecule has 0 spiro atoms. The average Bonchev–Trinajstić information content (AvgIpc) is 2.56. The lowest BCUT2D eigenvalue weighted by molar-refractivity contribution is 0.194. The van der Waals surface area contributed by atoms with Gasteiger partial charge in [-0.05, 0) is 26.8 Å². The van der Waals surface area contributed by atoms with Crippen LogP contribution in [-0.4, -0.2) is 30.0 Å². The van der Waals surface area contributed by atoms with Gasteiger partial charge in [-0.3, -0.25) is 4.68 Å². The van der Waals surface area contributed by atoms with Gasteiger partial charge in [0.2, 0.25) is 0 Å². The van der Waals surface area contributed by atoms with E-state index in [9.17, 15) is 0 Å². The second-order valence-electron chi connectivity index (χ2n) is 3.68. The average molecular weight is 246 g/mol. The maximum Gasteiger partial charge on any atom is 0.0860 e. The summed E-state index contributed by atoms with van der Waals surface area (Å²) >= 11 is 6.18. The van der Waals surface area contributed by atoms with Gasteiger partial charge in [-0.15, -0.1) is 0 Å². The van der Waals surface area contributed by atoms with E-state index in [1.807, 2.05) is 11.6 Å². The van der Waals surface area contributed by atoms with Crippen molar-refractivity contribution in [3.63, 3.8) is 0 Å². The SMILES string of the molecule is CCn1nc(C)c(Cl)c1CNCCCOC. The molecule has 0 amide bonds. The number of aryl methyl sites for hydroxylation is 2. The van der Waals surface area contributed by atoms with E-state index in [0.717, 1.165) is 49.1 Å². The lowest BCUT2D eigenvalue weighted by Crippen LogP contribution is -2.19. The Balaban J connectivity index is 2.46. The van der Waals surface area contributed by atoms with Gasteiger partial charge in [0.15, 0.2) is 0 Å². The number of nitrogens with one attached hydrogen (secondary N) is 1. The summed E-state index contributed by atoms with van der Waals surface area (Å²) in [5.74, 6) is 0. The minimum Gasteiger partial charge on any atom is -0.385 e. The van der Waals surface area contributed by atoms with Crippen molar-refractivity contribution < 1.29 is 4.74 Å². The van der Waals surface area contributed by atoms with Gasteiger partial charge in [-0.25, -0.2) is 0 Å². The van der Waals surface area contributed by atoms with Crippen LogP contribution in [0, 0.1) is 6.92 Å². The molecule has 0 radical (unpaired) electrons. The third-order valence-corrected chi connectivity index (χ3v) is 2.94. The summed E-state index contributed by atoms with van der Waals surface area (Å²) in [6.07, 6.45) is 1.01. The van der Waals surface area contributed by atoms with E-state index < -0.39 is 0 Å². The van der Waals surface area contributed by atoms with E-state index in [4.69, 9.17) is 16.3 Å². The van der Waals surface area contributed by atoms with Gasteiger partial charge in [-0.2, -0.15) is 5.10 Å². The van der Waals surface area contributed by atoms with Crippen LogP contribution >= 0.6 is 11.6 Å². The number of rotatable bonds is 7.